The zero-order valence-electron chi connectivity index (χ0n) is 12.4. The van der Waals surface area contributed by atoms with Gasteiger partial charge in [-0.15, -0.1) is 0 Å². The van der Waals surface area contributed by atoms with Crippen LogP contribution in [0.25, 0.3) is 10.9 Å². The second-order valence-electron chi connectivity index (χ2n) is 5.55. The molecule has 1 aliphatic rings. The summed E-state index contributed by atoms with van der Waals surface area (Å²) in [6.45, 7) is 4.73. The maximum atomic E-state index is 13.5. The van der Waals surface area contributed by atoms with Gasteiger partial charge in [-0.1, -0.05) is 6.92 Å². The Kier molecular flexibility index (Phi) is 3.95. The Morgan fingerprint density at radius 1 is 1.36 bits per heavy atom. The van der Waals surface area contributed by atoms with E-state index in [-0.39, 0.29) is 23.1 Å². The van der Waals surface area contributed by atoms with E-state index in [1.807, 2.05) is 18.7 Å². The Morgan fingerprint density at radius 3 is 2.91 bits per heavy atom. The Labute approximate surface area is 131 Å². The number of amides is 1. The third kappa shape index (κ3) is 2.63. The number of hydrogen-bond donors (Lipinski definition) is 1. The van der Waals surface area contributed by atoms with Crippen LogP contribution < -0.4 is 5.56 Å². The van der Waals surface area contributed by atoms with E-state index in [1.54, 1.807) is 4.90 Å². The van der Waals surface area contributed by atoms with Crippen LogP contribution in [0, 0.1) is 5.82 Å². The highest BCUT2D eigenvalue weighted by atomic mass is 32.2. The first kappa shape index (κ1) is 15.1. The number of benzene rings is 1. The molecule has 1 aliphatic heterocycles. The summed E-state index contributed by atoms with van der Waals surface area (Å²) in [5, 5.41) is 0.783. The van der Waals surface area contributed by atoms with E-state index in [2.05, 4.69) is 11.9 Å². The number of pyridine rings is 1. The Bertz CT molecular complexity index is 789. The molecule has 3 rings (SSSR count). The van der Waals surface area contributed by atoms with Crippen LogP contribution in [0.4, 0.5) is 4.39 Å². The third-order valence-electron chi connectivity index (χ3n) is 4.18. The number of thioether (sulfide) groups is 1. The molecule has 1 amide bonds. The fourth-order valence-corrected chi connectivity index (χ4v) is 3.88. The molecule has 1 aromatic heterocycles. The zero-order chi connectivity index (χ0) is 15.9. The summed E-state index contributed by atoms with van der Waals surface area (Å²) < 4.78 is 13.5. The van der Waals surface area contributed by atoms with Crippen LogP contribution in [-0.2, 0) is 0 Å². The van der Waals surface area contributed by atoms with Gasteiger partial charge < -0.3 is 9.88 Å². The molecule has 116 valence electrons. The van der Waals surface area contributed by atoms with Crippen LogP contribution in [-0.4, -0.2) is 39.4 Å². The summed E-state index contributed by atoms with van der Waals surface area (Å²) in [6, 6.07) is 5.40. The van der Waals surface area contributed by atoms with Crippen molar-refractivity contribution in [3.05, 3.63) is 46.0 Å². The molecule has 1 fully saturated rings. The fraction of sp³-hybridized carbons (Fsp3) is 0.375. The van der Waals surface area contributed by atoms with Gasteiger partial charge >= 0.3 is 0 Å². The number of aromatic nitrogens is 1. The number of nitrogens with one attached hydrogen (secondary N) is 1. The third-order valence-corrected chi connectivity index (χ3v) is 5.52. The molecule has 0 unspecified atom stereocenters. The molecule has 0 spiro atoms. The van der Waals surface area contributed by atoms with Crippen LogP contribution in [0.15, 0.2) is 29.1 Å². The molecule has 22 heavy (non-hydrogen) atoms. The van der Waals surface area contributed by atoms with Gasteiger partial charge in [0, 0.05) is 40.6 Å². The lowest BCUT2D eigenvalue weighted by Crippen LogP contribution is -2.48. The average molecular weight is 320 g/mol. The second kappa shape index (κ2) is 5.76. The normalized spacial score (nSPS) is 22.0. The summed E-state index contributed by atoms with van der Waals surface area (Å²) in [4.78, 5) is 29.1. The number of hydrogen-bond acceptors (Lipinski definition) is 3. The number of nitrogens with zero attached hydrogens (tertiary/aromatic N) is 1. The molecular weight excluding hydrogens is 303 g/mol. The monoisotopic (exact) mass is 320 g/mol. The minimum absolute atomic E-state index is 0.0779. The van der Waals surface area contributed by atoms with Crippen molar-refractivity contribution in [2.45, 2.75) is 25.1 Å². The van der Waals surface area contributed by atoms with Crippen molar-refractivity contribution in [3.63, 3.8) is 0 Å². The van der Waals surface area contributed by atoms with Gasteiger partial charge in [-0.2, -0.15) is 11.8 Å². The second-order valence-corrected chi connectivity index (χ2v) is 7.04. The summed E-state index contributed by atoms with van der Waals surface area (Å²) in [7, 11) is 0. The van der Waals surface area contributed by atoms with E-state index >= 15 is 0 Å². The Hall–Kier alpha value is -1.82. The first-order valence-corrected chi connectivity index (χ1v) is 8.27. The summed E-state index contributed by atoms with van der Waals surface area (Å²) in [5.41, 5.74) is 0.392. The van der Waals surface area contributed by atoms with E-state index in [9.17, 15) is 14.0 Å². The first-order chi connectivity index (χ1) is 10.5. The van der Waals surface area contributed by atoms with E-state index in [0.717, 1.165) is 5.75 Å². The minimum Gasteiger partial charge on any atom is -0.334 e. The average Bonchev–Trinajstić information content (AvgIpc) is 2.49. The number of fused-ring (bicyclic) bond motifs is 1. The lowest BCUT2D eigenvalue weighted by atomic mass is 10.1. The maximum absolute atomic E-state index is 13.5. The van der Waals surface area contributed by atoms with Gasteiger partial charge in [-0.3, -0.25) is 9.59 Å². The lowest BCUT2D eigenvalue weighted by Gasteiger charge is -2.37. The minimum atomic E-state index is -0.427. The fourth-order valence-electron chi connectivity index (χ4n) is 2.78. The Balaban J connectivity index is 2.10. The van der Waals surface area contributed by atoms with Crippen molar-refractivity contribution in [2.75, 3.05) is 12.3 Å². The van der Waals surface area contributed by atoms with E-state index in [4.69, 9.17) is 0 Å². The van der Waals surface area contributed by atoms with Crippen molar-refractivity contribution in [1.29, 1.82) is 0 Å². The van der Waals surface area contributed by atoms with Gasteiger partial charge in [0.15, 0.2) is 0 Å². The van der Waals surface area contributed by atoms with E-state index in [0.29, 0.717) is 22.7 Å². The molecule has 2 atom stereocenters. The van der Waals surface area contributed by atoms with Crippen LogP contribution >= 0.6 is 11.8 Å². The van der Waals surface area contributed by atoms with Crippen molar-refractivity contribution >= 4 is 28.6 Å². The highest BCUT2D eigenvalue weighted by Crippen LogP contribution is 2.27. The maximum Gasteiger partial charge on any atom is 0.255 e. The molecule has 2 aromatic rings. The van der Waals surface area contributed by atoms with Gasteiger partial charge in [0.05, 0.1) is 5.56 Å². The molecule has 6 heteroatoms. The number of halogens is 1. The zero-order valence-corrected chi connectivity index (χ0v) is 13.2. The van der Waals surface area contributed by atoms with Crippen LogP contribution in [0.5, 0.6) is 0 Å². The molecule has 0 radical (unpaired) electrons. The summed E-state index contributed by atoms with van der Waals surface area (Å²) in [5.74, 6) is 0.234. The number of carbonyl (C=O) groups is 1. The largest absolute Gasteiger partial charge is 0.334 e. The van der Waals surface area contributed by atoms with Crippen molar-refractivity contribution < 1.29 is 9.18 Å². The number of rotatable bonds is 1. The highest BCUT2D eigenvalue weighted by Gasteiger charge is 2.30. The molecule has 1 N–H and O–H groups in total. The molecule has 0 saturated carbocycles. The van der Waals surface area contributed by atoms with Crippen LogP contribution in [0.2, 0.25) is 0 Å². The van der Waals surface area contributed by atoms with Gasteiger partial charge in [0.2, 0.25) is 5.56 Å². The van der Waals surface area contributed by atoms with Crippen molar-refractivity contribution in [1.82, 2.24) is 9.88 Å². The highest BCUT2D eigenvalue weighted by molar-refractivity contribution is 8.00. The quantitative estimate of drug-likeness (QED) is 0.879. The first-order valence-electron chi connectivity index (χ1n) is 7.22. The Morgan fingerprint density at radius 2 is 2.14 bits per heavy atom. The molecule has 0 aliphatic carbocycles. The van der Waals surface area contributed by atoms with Gasteiger partial charge in [-0.05, 0) is 25.1 Å². The van der Waals surface area contributed by atoms with Gasteiger partial charge in [-0.25, -0.2) is 4.39 Å². The molecular formula is C16H17FN2O2S. The van der Waals surface area contributed by atoms with E-state index in [1.165, 1.54) is 24.3 Å². The topological polar surface area (TPSA) is 53.2 Å². The van der Waals surface area contributed by atoms with Gasteiger partial charge in [0.1, 0.15) is 5.82 Å². The molecule has 4 nitrogen and oxygen atoms in total. The van der Waals surface area contributed by atoms with Crippen molar-refractivity contribution in [3.8, 4) is 0 Å². The van der Waals surface area contributed by atoms with Crippen molar-refractivity contribution in [2.24, 2.45) is 0 Å². The predicted molar refractivity (Wildman–Crippen MR) is 86.9 cm³/mol. The number of aromatic amines is 1. The van der Waals surface area contributed by atoms with Crippen LogP contribution in [0.1, 0.15) is 24.2 Å². The van der Waals surface area contributed by atoms with Crippen LogP contribution in [0.3, 0.4) is 0 Å². The predicted octanol–water partition coefficient (Wildman–Crippen LogP) is 2.63. The number of carbonyl (C=O) groups excluding carboxylic acids is 1. The van der Waals surface area contributed by atoms with E-state index < -0.39 is 5.82 Å². The molecule has 1 saturated heterocycles. The SMILES string of the molecule is C[C@@H]1[C@@H](C)SCCN1C(=O)c1cc(=O)[nH]c2ccc(F)cc12. The lowest BCUT2D eigenvalue weighted by molar-refractivity contribution is 0.0700. The molecule has 2 heterocycles. The summed E-state index contributed by atoms with van der Waals surface area (Å²) >= 11 is 1.83. The summed E-state index contributed by atoms with van der Waals surface area (Å²) in [6.07, 6.45) is 0. The molecule has 1 aromatic carbocycles. The number of H-pyrrole nitrogens is 1. The molecule has 0 bridgehead atoms. The van der Waals surface area contributed by atoms with Gasteiger partial charge in [0.25, 0.3) is 5.91 Å². The standard InChI is InChI=1S/C16H17FN2O2S/c1-9-10(2)22-6-5-19(9)16(21)13-8-15(20)18-14-4-3-11(17)7-12(13)14/h3-4,7-10H,5-6H2,1-2H3,(H,18,20)/t9-,10-/m1/s1. The smallest absolute Gasteiger partial charge is 0.255 e.